The van der Waals surface area contributed by atoms with Gasteiger partial charge in [0.05, 0.1) is 18.7 Å². The van der Waals surface area contributed by atoms with Crippen LogP contribution in [-0.4, -0.2) is 17.6 Å². The predicted molar refractivity (Wildman–Crippen MR) is 86.8 cm³/mol. The zero-order valence-electron chi connectivity index (χ0n) is 13.2. The van der Waals surface area contributed by atoms with Crippen molar-refractivity contribution in [3.05, 3.63) is 15.6 Å². The lowest BCUT2D eigenvalue weighted by molar-refractivity contribution is -0.142. The molecule has 0 unspecified atom stereocenters. The van der Waals surface area contributed by atoms with Gasteiger partial charge in [-0.25, -0.2) is 4.98 Å². The van der Waals surface area contributed by atoms with Gasteiger partial charge in [0, 0.05) is 4.88 Å². The maximum Gasteiger partial charge on any atom is 0.312 e. The number of rotatable bonds is 3. The topological polar surface area (TPSA) is 39.2 Å². The minimum atomic E-state index is -0.151. The Morgan fingerprint density at radius 1 is 1.05 bits per heavy atom. The third-order valence-corrected chi connectivity index (χ3v) is 5.15. The van der Waals surface area contributed by atoms with Gasteiger partial charge in [-0.15, -0.1) is 11.3 Å². The van der Waals surface area contributed by atoms with E-state index in [1.165, 1.54) is 61.9 Å². The lowest BCUT2D eigenvalue weighted by Gasteiger charge is -2.06. The van der Waals surface area contributed by atoms with E-state index in [-0.39, 0.29) is 5.97 Å². The van der Waals surface area contributed by atoms with E-state index in [0.29, 0.717) is 13.0 Å². The summed E-state index contributed by atoms with van der Waals surface area (Å²) < 4.78 is 5.03. The van der Waals surface area contributed by atoms with Gasteiger partial charge >= 0.3 is 5.97 Å². The van der Waals surface area contributed by atoms with Crippen LogP contribution in [0.25, 0.3) is 0 Å². The number of thiazole rings is 1. The maximum atomic E-state index is 11.6. The number of fused-ring (bicyclic) bond motifs is 1. The largest absolute Gasteiger partial charge is 0.466 e. The van der Waals surface area contributed by atoms with Gasteiger partial charge in [0.1, 0.15) is 5.01 Å². The van der Waals surface area contributed by atoms with E-state index in [1.54, 1.807) is 11.3 Å². The first-order valence-corrected chi connectivity index (χ1v) is 9.24. The van der Waals surface area contributed by atoms with Gasteiger partial charge in [-0.2, -0.15) is 0 Å². The fourth-order valence-corrected chi connectivity index (χ4v) is 4.02. The van der Waals surface area contributed by atoms with Gasteiger partial charge in [-0.1, -0.05) is 38.5 Å². The molecule has 21 heavy (non-hydrogen) atoms. The molecule has 0 aliphatic heterocycles. The molecular weight excluding hydrogens is 282 g/mol. The number of aromatic nitrogens is 1. The molecule has 0 fully saturated rings. The molecule has 0 saturated heterocycles. The smallest absolute Gasteiger partial charge is 0.312 e. The molecule has 1 aromatic heterocycles. The number of carbonyl (C=O) groups excluding carboxylic acids is 1. The van der Waals surface area contributed by atoms with Crippen molar-refractivity contribution in [3.63, 3.8) is 0 Å². The summed E-state index contributed by atoms with van der Waals surface area (Å²) in [6, 6.07) is 0. The third kappa shape index (κ3) is 5.77. The number of nitrogens with zero attached hydrogens (tertiary/aromatic N) is 1. The Bertz CT molecular complexity index is 412. The monoisotopic (exact) mass is 309 g/mol. The second kappa shape index (κ2) is 9.19. The molecule has 1 aliphatic rings. The van der Waals surface area contributed by atoms with E-state index >= 15 is 0 Å². The zero-order chi connectivity index (χ0) is 14.9. The fraction of sp³-hybridized carbons (Fsp3) is 0.765. The van der Waals surface area contributed by atoms with Gasteiger partial charge in [0.25, 0.3) is 0 Å². The van der Waals surface area contributed by atoms with Gasteiger partial charge in [-0.3, -0.25) is 4.79 Å². The van der Waals surface area contributed by atoms with Crippen LogP contribution in [-0.2, 0) is 28.8 Å². The SMILES string of the molecule is CCOC(=O)Cc1nc2c(s1)CCCCCCCCCC2. The van der Waals surface area contributed by atoms with E-state index in [0.717, 1.165) is 17.8 Å². The van der Waals surface area contributed by atoms with Crippen molar-refractivity contribution in [2.24, 2.45) is 0 Å². The molecule has 0 aromatic carbocycles. The Labute approximate surface area is 132 Å². The first kappa shape index (κ1) is 16.5. The standard InChI is InChI=1S/C17H27NO2S/c1-2-20-17(19)13-16-18-14-11-9-7-5-3-4-6-8-10-12-15(14)21-16/h2-13H2,1H3. The number of aryl methyl sites for hydroxylation is 2. The summed E-state index contributed by atoms with van der Waals surface area (Å²) in [5, 5.41) is 0.938. The Kier molecular flexibility index (Phi) is 7.20. The lowest BCUT2D eigenvalue weighted by Crippen LogP contribution is -2.07. The van der Waals surface area contributed by atoms with Gasteiger partial charge < -0.3 is 4.74 Å². The molecule has 1 aromatic rings. The zero-order valence-corrected chi connectivity index (χ0v) is 14.0. The fourth-order valence-electron chi connectivity index (χ4n) is 2.88. The Balaban J connectivity index is 2.00. The average molecular weight is 309 g/mol. The van der Waals surface area contributed by atoms with Crippen LogP contribution in [0.1, 0.15) is 73.9 Å². The van der Waals surface area contributed by atoms with Crippen LogP contribution in [0.4, 0.5) is 0 Å². The van der Waals surface area contributed by atoms with Crippen LogP contribution < -0.4 is 0 Å². The summed E-state index contributed by atoms with van der Waals surface area (Å²) in [6.07, 6.45) is 13.2. The normalized spacial score (nSPS) is 17.4. The molecule has 0 N–H and O–H groups in total. The summed E-state index contributed by atoms with van der Waals surface area (Å²) in [7, 11) is 0. The molecule has 0 saturated carbocycles. The van der Waals surface area contributed by atoms with Gasteiger partial charge in [0.2, 0.25) is 0 Å². The lowest BCUT2D eigenvalue weighted by atomic mass is 10.0. The molecular formula is C17H27NO2S. The van der Waals surface area contributed by atoms with Crippen LogP contribution in [0.15, 0.2) is 0 Å². The average Bonchev–Trinajstić information content (AvgIpc) is 2.81. The van der Waals surface area contributed by atoms with Crippen LogP contribution in [0.5, 0.6) is 0 Å². The second-order valence-corrected chi connectivity index (χ2v) is 6.96. The molecule has 0 atom stereocenters. The molecule has 1 aliphatic carbocycles. The molecule has 3 nitrogen and oxygen atoms in total. The van der Waals surface area contributed by atoms with E-state index in [4.69, 9.17) is 9.72 Å². The summed E-state index contributed by atoms with van der Waals surface area (Å²) in [5.41, 5.74) is 1.25. The minimum Gasteiger partial charge on any atom is -0.466 e. The van der Waals surface area contributed by atoms with Crippen molar-refractivity contribution in [2.45, 2.75) is 77.6 Å². The van der Waals surface area contributed by atoms with E-state index in [2.05, 4.69) is 0 Å². The molecule has 4 heteroatoms. The van der Waals surface area contributed by atoms with Crippen LogP contribution >= 0.6 is 11.3 Å². The number of esters is 1. The van der Waals surface area contributed by atoms with Crippen molar-refractivity contribution >= 4 is 17.3 Å². The Hall–Kier alpha value is -0.900. The van der Waals surface area contributed by atoms with Crippen LogP contribution in [0.2, 0.25) is 0 Å². The highest BCUT2D eigenvalue weighted by Gasteiger charge is 2.14. The van der Waals surface area contributed by atoms with E-state index < -0.39 is 0 Å². The predicted octanol–water partition coefficient (Wildman–Crippen LogP) is 4.47. The van der Waals surface area contributed by atoms with Crippen molar-refractivity contribution in [1.82, 2.24) is 4.98 Å². The molecule has 0 amide bonds. The summed E-state index contributed by atoms with van der Waals surface area (Å²) in [4.78, 5) is 17.7. The van der Waals surface area contributed by atoms with Crippen LogP contribution in [0.3, 0.4) is 0 Å². The highest BCUT2D eigenvalue weighted by molar-refractivity contribution is 7.11. The first-order valence-electron chi connectivity index (χ1n) is 8.42. The van der Waals surface area contributed by atoms with Crippen molar-refractivity contribution in [1.29, 1.82) is 0 Å². The summed E-state index contributed by atoms with van der Waals surface area (Å²) in [6.45, 7) is 2.29. The van der Waals surface area contributed by atoms with Crippen molar-refractivity contribution in [3.8, 4) is 0 Å². The highest BCUT2D eigenvalue weighted by Crippen LogP contribution is 2.25. The molecule has 0 bridgehead atoms. The third-order valence-electron chi connectivity index (χ3n) is 3.99. The molecule has 2 rings (SSSR count). The second-order valence-electron chi connectivity index (χ2n) is 5.79. The first-order chi connectivity index (χ1) is 10.3. The van der Waals surface area contributed by atoms with Gasteiger partial charge in [-0.05, 0) is 32.6 Å². The van der Waals surface area contributed by atoms with E-state index in [9.17, 15) is 4.79 Å². The van der Waals surface area contributed by atoms with Crippen molar-refractivity contribution < 1.29 is 9.53 Å². The van der Waals surface area contributed by atoms with Gasteiger partial charge in [0.15, 0.2) is 0 Å². The molecule has 118 valence electrons. The highest BCUT2D eigenvalue weighted by atomic mass is 32.1. The number of hydrogen-bond acceptors (Lipinski definition) is 4. The van der Waals surface area contributed by atoms with E-state index in [1.807, 2.05) is 6.92 Å². The summed E-state index contributed by atoms with van der Waals surface area (Å²) in [5.74, 6) is -0.151. The minimum absolute atomic E-state index is 0.151. The Morgan fingerprint density at radius 2 is 1.67 bits per heavy atom. The quantitative estimate of drug-likeness (QED) is 0.773. The molecule has 0 spiro atoms. The van der Waals surface area contributed by atoms with Crippen molar-refractivity contribution in [2.75, 3.05) is 6.61 Å². The number of carbonyl (C=O) groups is 1. The van der Waals surface area contributed by atoms with Crippen LogP contribution in [0, 0.1) is 0 Å². The Morgan fingerprint density at radius 3 is 2.33 bits per heavy atom. The number of ether oxygens (including phenoxy) is 1. The maximum absolute atomic E-state index is 11.6. The summed E-state index contributed by atoms with van der Waals surface area (Å²) >= 11 is 1.73. The molecule has 0 radical (unpaired) electrons. The molecule has 1 heterocycles. The number of hydrogen-bond donors (Lipinski definition) is 0.